The van der Waals surface area contributed by atoms with Crippen LogP contribution in [-0.4, -0.2) is 31.1 Å². The molecule has 0 amide bonds. The Hall–Kier alpha value is -0.930. The maximum atomic E-state index is 13.2. The standard InChI is InChI=1S/C13H17FN2/c1-10-2-11(4-12(14)3-10)5-16-8-13(9-16)6-15-7-13/h2-4,15H,5-9H2,1H3. The van der Waals surface area contributed by atoms with Gasteiger partial charge in [0.15, 0.2) is 0 Å². The summed E-state index contributed by atoms with van der Waals surface area (Å²) in [6.45, 7) is 7.48. The molecule has 2 heterocycles. The van der Waals surface area contributed by atoms with Gasteiger partial charge in [0.05, 0.1) is 0 Å². The van der Waals surface area contributed by atoms with Crippen molar-refractivity contribution in [3.05, 3.63) is 35.1 Å². The lowest BCUT2D eigenvalue weighted by molar-refractivity contribution is -0.0444. The first-order valence-electron chi connectivity index (χ1n) is 5.84. The second kappa shape index (κ2) is 3.54. The summed E-state index contributed by atoms with van der Waals surface area (Å²) < 4.78 is 13.2. The van der Waals surface area contributed by atoms with Crippen LogP contribution < -0.4 is 5.32 Å². The molecule has 86 valence electrons. The molecule has 16 heavy (non-hydrogen) atoms. The van der Waals surface area contributed by atoms with Crippen molar-refractivity contribution in [1.29, 1.82) is 0 Å². The van der Waals surface area contributed by atoms with Crippen LogP contribution in [0.25, 0.3) is 0 Å². The predicted molar refractivity (Wildman–Crippen MR) is 61.7 cm³/mol. The molecule has 2 aliphatic heterocycles. The summed E-state index contributed by atoms with van der Waals surface area (Å²) in [6, 6.07) is 5.31. The topological polar surface area (TPSA) is 15.3 Å². The number of aryl methyl sites for hydroxylation is 1. The molecule has 1 N–H and O–H groups in total. The average molecular weight is 220 g/mol. The summed E-state index contributed by atoms with van der Waals surface area (Å²) in [5.41, 5.74) is 2.66. The Labute approximate surface area is 95.4 Å². The van der Waals surface area contributed by atoms with Gasteiger partial charge in [0.1, 0.15) is 5.82 Å². The third-order valence-corrected chi connectivity index (χ3v) is 3.63. The van der Waals surface area contributed by atoms with Crippen molar-refractivity contribution < 1.29 is 4.39 Å². The van der Waals surface area contributed by atoms with E-state index in [0.29, 0.717) is 5.41 Å². The van der Waals surface area contributed by atoms with E-state index in [9.17, 15) is 4.39 Å². The molecular formula is C13H17FN2. The second-order valence-electron chi connectivity index (χ2n) is 5.39. The van der Waals surface area contributed by atoms with E-state index in [0.717, 1.165) is 43.9 Å². The predicted octanol–water partition coefficient (Wildman–Crippen LogP) is 1.54. The van der Waals surface area contributed by atoms with Crippen LogP contribution in [0.2, 0.25) is 0 Å². The fraction of sp³-hybridized carbons (Fsp3) is 0.538. The summed E-state index contributed by atoms with van der Waals surface area (Å²) in [6.07, 6.45) is 0. The molecule has 1 aromatic rings. The minimum atomic E-state index is -0.115. The third-order valence-electron chi connectivity index (χ3n) is 3.63. The summed E-state index contributed by atoms with van der Waals surface area (Å²) in [5, 5.41) is 3.32. The number of likely N-dealkylation sites (tertiary alicyclic amines) is 1. The monoisotopic (exact) mass is 220 g/mol. The van der Waals surface area contributed by atoms with Crippen LogP contribution in [0.15, 0.2) is 18.2 Å². The first-order valence-corrected chi connectivity index (χ1v) is 5.84. The first kappa shape index (κ1) is 10.2. The van der Waals surface area contributed by atoms with Gasteiger partial charge in [-0.1, -0.05) is 6.07 Å². The van der Waals surface area contributed by atoms with Gasteiger partial charge in [-0.15, -0.1) is 0 Å². The highest BCUT2D eigenvalue weighted by Crippen LogP contribution is 2.34. The number of hydrogen-bond acceptors (Lipinski definition) is 2. The molecular weight excluding hydrogens is 203 g/mol. The lowest BCUT2D eigenvalue weighted by Gasteiger charge is -2.56. The molecule has 0 aliphatic carbocycles. The highest BCUT2D eigenvalue weighted by atomic mass is 19.1. The Morgan fingerprint density at radius 2 is 2.06 bits per heavy atom. The minimum Gasteiger partial charge on any atom is -0.315 e. The van der Waals surface area contributed by atoms with Crippen molar-refractivity contribution in [2.75, 3.05) is 26.2 Å². The fourth-order valence-corrected chi connectivity index (χ4v) is 2.88. The zero-order chi connectivity index (χ0) is 11.2. The van der Waals surface area contributed by atoms with E-state index in [1.54, 1.807) is 12.1 Å². The van der Waals surface area contributed by atoms with Gasteiger partial charge in [-0.2, -0.15) is 0 Å². The molecule has 0 radical (unpaired) electrons. The van der Waals surface area contributed by atoms with Crippen LogP contribution in [0.3, 0.4) is 0 Å². The van der Waals surface area contributed by atoms with Crippen molar-refractivity contribution in [2.24, 2.45) is 5.41 Å². The van der Waals surface area contributed by atoms with Crippen LogP contribution in [0.4, 0.5) is 4.39 Å². The number of hydrogen-bond donors (Lipinski definition) is 1. The molecule has 2 nitrogen and oxygen atoms in total. The Bertz CT molecular complexity index is 384. The molecule has 0 saturated carbocycles. The number of rotatable bonds is 2. The highest BCUT2D eigenvalue weighted by Gasteiger charge is 2.46. The Morgan fingerprint density at radius 3 is 2.62 bits per heavy atom. The van der Waals surface area contributed by atoms with E-state index in [1.165, 1.54) is 0 Å². The van der Waals surface area contributed by atoms with E-state index >= 15 is 0 Å². The van der Waals surface area contributed by atoms with E-state index in [4.69, 9.17) is 0 Å². The molecule has 1 spiro atoms. The summed E-state index contributed by atoms with van der Waals surface area (Å²) in [5.74, 6) is -0.115. The largest absolute Gasteiger partial charge is 0.315 e. The van der Waals surface area contributed by atoms with Gasteiger partial charge in [0.2, 0.25) is 0 Å². The minimum absolute atomic E-state index is 0.115. The number of nitrogens with one attached hydrogen (secondary N) is 1. The molecule has 0 unspecified atom stereocenters. The Kier molecular flexibility index (Phi) is 2.26. The molecule has 3 rings (SSSR count). The van der Waals surface area contributed by atoms with Crippen LogP contribution in [0, 0.1) is 18.2 Å². The SMILES string of the molecule is Cc1cc(F)cc(CN2CC3(CNC3)C2)c1. The highest BCUT2D eigenvalue weighted by molar-refractivity contribution is 5.24. The molecule has 1 aromatic carbocycles. The maximum absolute atomic E-state index is 13.2. The van der Waals surface area contributed by atoms with Crippen LogP contribution in [0.5, 0.6) is 0 Å². The van der Waals surface area contributed by atoms with Gasteiger partial charge in [-0.3, -0.25) is 4.90 Å². The van der Waals surface area contributed by atoms with E-state index in [1.807, 2.05) is 6.92 Å². The smallest absolute Gasteiger partial charge is 0.123 e. The lowest BCUT2D eigenvalue weighted by Crippen LogP contribution is -2.70. The molecule has 0 aromatic heterocycles. The summed E-state index contributed by atoms with van der Waals surface area (Å²) in [7, 11) is 0. The van der Waals surface area contributed by atoms with Gasteiger partial charge in [-0.05, 0) is 30.2 Å². The molecule has 0 bridgehead atoms. The fourth-order valence-electron chi connectivity index (χ4n) is 2.88. The number of nitrogens with zero attached hydrogens (tertiary/aromatic N) is 1. The zero-order valence-electron chi connectivity index (χ0n) is 9.59. The van der Waals surface area contributed by atoms with Crippen LogP contribution in [0.1, 0.15) is 11.1 Å². The van der Waals surface area contributed by atoms with E-state index in [2.05, 4.69) is 16.3 Å². The first-order chi connectivity index (χ1) is 7.65. The van der Waals surface area contributed by atoms with Crippen LogP contribution >= 0.6 is 0 Å². The molecule has 2 saturated heterocycles. The molecule has 0 atom stereocenters. The van der Waals surface area contributed by atoms with Crippen molar-refractivity contribution in [3.63, 3.8) is 0 Å². The van der Waals surface area contributed by atoms with Crippen LogP contribution in [-0.2, 0) is 6.54 Å². The zero-order valence-corrected chi connectivity index (χ0v) is 9.59. The van der Waals surface area contributed by atoms with Crippen molar-refractivity contribution in [1.82, 2.24) is 10.2 Å². The van der Waals surface area contributed by atoms with Gasteiger partial charge in [0, 0.05) is 38.1 Å². The van der Waals surface area contributed by atoms with Gasteiger partial charge in [0.25, 0.3) is 0 Å². The Balaban J connectivity index is 1.62. The summed E-state index contributed by atoms with van der Waals surface area (Å²) in [4.78, 5) is 2.40. The summed E-state index contributed by atoms with van der Waals surface area (Å²) >= 11 is 0. The number of halogens is 1. The number of benzene rings is 1. The van der Waals surface area contributed by atoms with E-state index in [-0.39, 0.29) is 5.82 Å². The average Bonchev–Trinajstić information content (AvgIpc) is 2.05. The third kappa shape index (κ3) is 1.74. The normalized spacial score (nSPS) is 22.9. The maximum Gasteiger partial charge on any atom is 0.123 e. The van der Waals surface area contributed by atoms with Crippen molar-refractivity contribution >= 4 is 0 Å². The van der Waals surface area contributed by atoms with Gasteiger partial charge in [-0.25, -0.2) is 4.39 Å². The van der Waals surface area contributed by atoms with E-state index < -0.39 is 0 Å². The second-order valence-corrected chi connectivity index (χ2v) is 5.39. The Morgan fingerprint density at radius 1 is 1.31 bits per heavy atom. The van der Waals surface area contributed by atoms with Gasteiger partial charge < -0.3 is 5.32 Å². The molecule has 2 fully saturated rings. The molecule has 2 aliphatic rings. The molecule has 3 heteroatoms. The van der Waals surface area contributed by atoms with Crippen molar-refractivity contribution in [3.8, 4) is 0 Å². The van der Waals surface area contributed by atoms with Crippen molar-refractivity contribution in [2.45, 2.75) is 13.5 Å². The quantitative estimate of drug-likeness (QED) is 0.813. The van der Waals surface area contributed by atoms with Gasteiger partial charge >= 0.3 is 0 Å². The lowest BCUT2D eigenvalue weighted by atomic mass is 9.74.